The highest BCUT2D eigenvalue weighted by Crippen LogP contribution is 2.33. The van der Waals surface area contributed by atoms with Crippen LogP contribution in [0, 0.1) is 11.8 Å². The molecule has 8 nitrogen and oxygen atoms in total. The topological polar surface area (TPSA) is 89.3 Å². The third kappa shape index (κ3) is 6.06. The molecule has 3 aromatic rings. The number of anilines is 3. The van der Waals surface area contributed by atoms with Gasteiger partial charge in [-0.3, -0.25) is 9.59 Å². The van der Waals surface area contributed by atoms with Crippen LogP contribution in [0.1, 0.15) is 52.4 Å². The van der Waals surface area contributed by atoms with Crippen molar-refractivity contribution in [1.29, 1.82) is 0 Å². The lowest BCUT2D eigenvalue weighted by atomic mass is 10.0. The highest BCUT2D eigenvalue weighted by atomic mass is 35.5. The molecule has 2 aromatic heterocycles. The van der Waals surface area contributed by atoms with Crippen LogP contribution < -0.4 is 20.5 Å². The molecule has 3 heterocycles. The highest BCUT2D eigenvalue weighted by molar-refractivity contribution is 6.32. The molecule has 1 saturated heterocycles. The van der Waals surface area contributed by atoms with Crippen LogP contribution in [0.4, 0.5) is 17.5 Å². The van der Waals surface area contributed by atoms with Crippen LogP contribution in [0.25, 0.3) is 10.9 Å². The number of hydrogen-bond donors (Lipinski definition) is 1. The number of halogens is 1. The number of ketones is 1. The first-order valence-corrected chi connectivity index (χ1v) is 13.7. The molecular weight excluding hydrogens is 490 g/mol. The SMILES string of the molecule is CCC(=O)COc1cc2cc(Nc3nc(N4CCC[C@H](C)C4)ncc3Cl)ccc2n(CCC2CC2)c1=O. The zero-order valence-corrected chi connectivity index (χ0v) is 22.3. The summed E-state index contributed by atoms with van der Waals surface area (Å²) in [4.78, 5) is 36.5. The minimum Gasteiger partial charge on any atom is -0.480 e. The molecule has 9 heteroatoms. The van der Waals surface area contributed by atoms with Crippen molar-refractivity contribution in [3.63, 3.8) is 0 Å². The molecule has 2 aliphatic rings. The van der Waals surface area contributed by atoms with Crippen LogP contribution in [-0.2, 0) is 11.3 Å². The number of carbonyl (C=O) groups is 1. The van der Waals surface area contributed by atoms with Gasteiger partial charge in [0.05, 0.1) is 11.7 Å². The summed E-state index contributed by atoms with van der Waals surface area (Å²) in [5.41, 5.74) is 1.42. The average Bonchev–Trinajstić information content (AvgIpc) is 3.72. The maximum Gasteiger partial charge on any atom is 0.293 e. The molecule has 0 radical (unpaired) electrons. The fourth-order valence-corrected chi connectivity index (χ4v) is 4.99. The molecule has 0 amide bonds. The zero-order valence-electron chi connectivity index (χ0n) is 21.5. The summed E-state index contributed by atoms with van der Waals surface area (Å²) < 4.78 is 7.45. The number of fused-ring (bicyclic) bond motifs is 1. The van der Waals surface area contributed by atoms with Crippen molar-refractivity contribution in [2.45, 2.75) is 58.9 Å². The molecule has 1 aliphatic heterocycles. The smallest absolute Gasteiger partial charge is 0.293 e. The normalized spacial score (nSPS) is 17.7. The zero-order chi connectivity index (χ0) is 25.9. The Morgan fingerprint density at radius 1 is 1.24 bits per heavy atom. The Hall–Kier alpha value is -3.13. The summed E-state index contributed by atoms with van der Waals surface area (Å²) in [6.07, 6.45) is 7.75. The molecule has 196 valence electrons. The van der Waals surface area contributed by atoms with Crippen molar-refractivity contribution < 1.29 is 9.53 Å². The monoisotopic (exact) mass is 523 g/mol. The summed E-state index contributed by atoms with van der Waals surface area (Å²) in [5, 5.41) is 4.61. The molecule has 1 aromatic carbocycles. The molecule has 0 spiro atoms. The van der Waals surface area contributed by atoms with E-state index in [2.05, 4.69) is 22.1 Å². The van der Waals surface area contributed by atoms with E-state index in [1.165, 1.54) is 19.3 Å². The highest BCUT2D eigenvalue weighted by Gasteiger charge is 2.22. The van der Waals surface area contributed by atoms with Gasteiger partial charge in [-0.1, -0.05) is 38.3 Å². The molecule has 0 bridgehead atoms. The molecule has 1 saturated carbocycles. The van der Waals surface area contributed by atoms with Crippen molar-refractivity contribution in [3.05, 3.63) is 45.8 Å². The van der Waals surface area contributed by atoms with Crippen molar-refractivity contribution >= 4 is 45.7 Å². The van der Waals surface area contributed by atoms with Crippen LogP contribution in [0.2, 0.25) is 5.02 Å². The van der Waals surface area contributed by atoms with Crippen LogP contribution in [0.3, 0.4) is 0 Å². The van der Waals surface area contributed by atoms with Crippen molar-refractivity contribution in [1.82, 2.24) is 14.5 Å². The number of aromatic nitrogens is 3. The maximum atomic E-state index is 13.2. The van der Waals surface area contributed by atoms with Gasteiger partial charge in [0.1, 0.15) is 11.6 Å². The van der Waals surface area contributed by atoms with E-state index in [1.54, 1.807) is 23.8 Å². The van der Waals surface area contributed by atoms with Gasteiger partial charge in [-0.05, 0) is 55.4 Å². The Morgan fingerprint density at radius 2 is 2.08 bits per heavy atom. The molecule has 0 unspecified atom stereocenters. The van der Waals surface area contributed by atoms with E-state index < -0.39 is 0 Å². The number of carbonyl (C=O) groups excluding carboxylic acids is 1. The number of hydrogen-bond acceptors (Lipinski definition) is 7. The minimum absolute atomic E-state index is 0.0447. The van der Waals surface area contributed by atoms with Gasteiger partial charge in [-0.25, -0.2) is 4.98 Å². The van der Waals surface area contributed by atoms with E-state index in [0.29, 0.717) is 41.6 Å². The Balaban J connectivity index is 1.45. The first-order chi connectivity index (χ1) is 17.9. The predicted molar refractivity (Wildman–Crippen MR) is 147 cm³/mol. The number of ether oxygens (including phenoxy) is 1. The molecule has 37 heavy (non-hydrogen) atoms. The minimum atomic E-state index is -0.197. The number of nitrogens with zero attached hydrogens (tertiary/aromatic N) is 4. The molecule has 2 fully saturated rings. The first kappa shape index (κ1) is 25.5. The van der Waals surface area contributed by atoms with Crippen molar-refractivity contribution in [2.75, 3.05) is 29.9 Å². The standard InChI is InChI=1S/C28H34ClN5O3/c1-3-22(35)17-37-25-14-20-13-21(8-9-24(20)34(27(25)36)12-10-19-6-7-19)31-26-23(29)15-30-28(32-26)33-11-4-5-18(2)16-33/h8-9,13-15,18-19H,3-7,10-12,16-17H2,1-2H3,(H,30,31,32)/t18-/m0/s1. The Morgan fingerprint density at radius 3 is 2.84 bits per heavy atom. The summed E-state index contributed by atoms with van der Waals surface area (Å²) >= 11 is 6.46. The van der Waals surface area contributed by atoms with E-state index in [-0.39, 0.29) is 23.7 Å². The van der Waals surface area contributed by atoms with Crippen LogP contribution >= 0.6 is 11.6 Å². The number of nitrogens with one attached hydrogen (secondary N) is 1. The summed E-state index contributed by atoms with van der Waals surface area (Å²) in [5.74, 6) is 2.65. The Bertz CT molecular complexity index is 1350. The van der Waals surface area contributed by atoms with E-state index in [1.807, 2.05) is 18.2 Å². The predicted octanol–water partition coefficient (Wildman–Crippen LogP) is 5.58. The van der Waals surface area contributed by atoms with Gasteiger partial charge in [0.15, 0.2) is 17.4 Å². The third-order valence-corrected chi connectivity index (χ3v) is 7.51. The Labute approximate surface area is 222 Å². The average molecular weight is 524 g/mol. The van der Waals surface area contributed by atoms with Crippen LogP contribution in [-0.4, -0.2) is 40.0 Å². The second kappa shape index (κ2) is 11.1. The maximum absolute atomic E-state index is 13.2. The first-order valence-electron chi connectivity index (χ1n) is 13.3. The fourth-order valence-electron chi connectivity index (χ4n) is 4.85. The second-order valence-electron chi connectivity index (χ2n) is 10.3. The van der Waals surface area contributed by atoms with E-state index in [4.69, 9.17) is 21.3 Å². The Kier molecular flexibility index (Phi) is 7.65. The molecule has 1 N–H and O–H groups in total. The molecule has 5 rings (SSSR count). The summed E-state index contributed by atoms with van der Waals surface area (Å²) in [6.45, 7) is 6.42. The number of piperidine rings is 1. The van der Waals surface area contributed by atoms with Crippen LogP contribution in [0.15, 0.2) is 35.3 Å². The van der Waals surface area contributed by atoms with E-state index in [9.17, 15) is 9.59 Å². The van der Waals surface area contributed by atoms with Crippen LogP contribution in [0.5, 0.6) is 5.75 Å². The van der Waals surface area contributed by atoms with Gasteiger partial charge in [0.25, 0.3) is 5.56 Å². The van der Waals surface area contributed by atoms with Gasteiger partial charge < -0.3 is 19.5 Å². The van der Waals surface area contributed by atoms with E-state index in [0.717, 1.165) is 42.5 Å². The van der Waals surface area contributed by atoms with Gasteiger partial charge in [-0.2, -0.15) is 4.98 Å². The summed E-state index contributed by atoms with van der Waals surface area (Å²) in [6, 6.07) is 7.55. The van der Waals surface area contributed by atoms with Crippen molar-refractivity contribution in [3.8, 4) is 5.75 Å². The lowest BCUT2D eigenvalue weighted by Crippen LogP contribution is -2.35. The number of pyridine rings is 1. The number of Topliss-reactive ketones (excluding diaryl/α,β-unsaturated/α-hetero) is 1. The fraction of sp³-hybridized carbons (Fsp3) is 0.500. The van der Waals surface area contributed by atoms with Gasteiger partial charge in [0.2, 0.25) is 5.95 Å². The number of rotatable bonds is 10. The number of aryl methyl sites for hydroxylation is 1. The van der Waals surface area contributed by atoms with E-state index >= 15 is 0 Å². The lowest BCUT2D eigenvalue weighted by molar-refractivity contribution is -0.120. The molecule has 1 aliphatic carbocycles. The summed E-state index contributed by atoms with van der Waals surface area (Å²) in [7, 11) is 0. The van der Waals surface area contributed by atoms with Gasteiger partial charge in [0, 0.05) is 37.1 Å². The largest absolute Gasteiger partial charge is 0.480 e. The second-order valence-corrected chi connectivity index (χ2v) is 10.7. The van der Waals surface area contributed by atoms with Gasteiger partial charge in [-0.15, -0.1) is 0 Å². The van der Waals surface area contributed by atoms with Crippen molar-refractivity contribution in [2.24, 2.45) is 11.8 Å². The third-order valence-electron chi connectivity index (χ3n) is 7.24. The molecule has 1 atom stereocenters. The quantitative estimate of drug-likeness (QED) is 0.371. The van der Waals surface area contributed by atoms with Gasteiger partial charge >= 0.3 is 0 Å². The molecular formula is C28H34ClN5O3. The number of benzene rings is 1. The lowest BCUT2D eigenvalue weighted by Gasteiger charge is -2.31.